The molecule has 0 amide bonds. The van der Waals surface area contributed by atoms with Gasteiger partial charge < -0.3 is 8.98 Å². The summed E-state index contributed by atoms with van der Waals surface area (Å²) in [5.41, 5.74) is 9.62. The second-order valence-electron chi connectivity index (χ2n) is 10.3. The first-order valence-corrected chi connectivity index (χ1v) is 13.4. The molecule has 0 fully saturated rings. The summed E-state index contributed by atoms with van der Waals surface area (Å²) in [6.07, 6.45) is 0. The summed E-state index contributed by atoms with van der Waals surface area (Å²) in [4.78, 5) is 9.60. The second-order valence-corrected chi connectivity index (χ2v) is 10.3. The van der Waals surface area contributed by atoms with Crippen molar-refractivity contribution in [3.05, 3.63) is 127 Å². The molecule has 0 atom stereocenters. The quantitative estimate of drug-likeness (QED) is 0.232. The maximum atomic E-state index is 6.09. The summed E-state index contributed by atoms with van der Waals surface area (Å²) in [6.45, 7) is 0. The summed E-state index contributed by atoms with van der Waals surface area (Å²) < 4.78 is 8.47. The number of benzene rings is 6. The average Bonchev–Trinajstić information content (AvgIpc) is 3.53. The third kappa shape index (κ3) is 3.07. The van der Waals surface area contributed by atoms with Crippen LogP contribution in [0.25, 0.3) is 82.6 Å². The van der Waals surface area contributed by atoms with Gasteiger partial charge in [-0.15, -0.1) is 0 Å². The molecule has 0 unspecified atom stereocenters. The molecule has 0 spiro atoms. The Bertz CT molecular complexity index is 2450. The molecule has 4 heteroatoms. The normalized spacial score (nSPS) is 12.0. The van der Waals surface area contributed by atoms with Gasteiger partial charge in [-0.1, -0.05) is 72.8 Å². The Balaban J connectivity index is 1.26. The van der Waals surface area contributed by atoms with E-state index in [9.17, 15) is 0 Å². The third-order valence-electron chi connectivity index (χ3n) is 7.96. The average molecular weight is 512 g/mol. The van der Waals surface area contributed by atoms with Crippen LogP contribution >= 0.6 is 0 Å². The maximum absolute atomic E-state index is 6.09. The molecule has 9 aromatic rings. The van der Waals surface area contributed by atoms with Gasteiger partial charge in [-0.05, 0) is 76.5 Å². The van der Waals surface area contributed by atoms with E-state index in [0.29, 0.717) is 5.71 Å². The number of nitrogens with zero attached hydrogens (tertiary/aromatic N) is 3. The minimum absolute atomic E-state index is 0.567. The lowest BCUT2D eigenvalue weighted by Gasteiger charge is -2.11. The van der Waals surface area contributed by atoms with Crippen LogP contribution in [0, 0.1) is 0 Å². The van der Waals surface area contributed by atoms with E-state index in [1.165, 1.54) is 32.6 Å². The Morgan fingerprint density at radius 3 is 2.15 bits per heavy atom. The lowest BCUT2D eigenvalue weighted by atomic mass is 10.0. The van der Waals surface area contributed by atoms with Gasteiger partial charge in [0, 0.05) is 21.8 Å². The van der Waals surface area contributed by atoms with Crippen LogP contribution in [0.5, 0.6) is 0 Å². The van der Waals surface area contributed by atoms with E-state index in [1.54, 1.807) is 0 Å². The molecule has 0 aliphatic rings. The molecule has 40 heavy (non-hydrogen) atoms. The van der Waals surface area contributed by atoms with Crippen molar-refractivity contribution in [2.75, 3.05) is 0 Å². The molecule has 0 bridgehead atoms. The summed E-state index contributed by atoms with van der Waals surface area (Å²) in [5.74, 6) is 0. The van der Waals surface area contributed by atoms with Crippen molar-refractivity contribution in [3.63, 3.8) is 0 Å². The Hall–Kier alpha value is -5.48. The Kier molecular flexibility index (Phi) is 4.30. The molecule has 3 heterocycles. The molecule has 0 N–H and O–H groups in total. The molecule has 0 radical (unpaired) electrons. The van der Waals surface area contributed by atoms with Crippen LogP contribution in [0.15, 0.2) is 132 Å². The van der Waals surface area contributed by atoms with Crippen molar-refractivity contribution in [2.45, 2.75) is 0 Å². The molecule has 0 aliphatic heterocycles. The van der Waals surface area contributed by atoms with Crippen LogP contribution in [-0.4, -0.2) is 14.5 Å². The molecular formula is C36H21N3O. The molecule has 9 rings (SSSR count). The van der Waals surface area contributed by atoms with Gasteiger partial charge in [-0.2, -0.15) is 0 Å². The van der Waals surface area contributed by atoms with Gasteiger partial charge in [0.25, 0.3) is 0 Å². The van der Waals surface area contributed by atoms with Gasteiger partial charge in [0.15, 0.2) is 0 Å². The van der Waals surface area contributed by atoms with Crippen molar-refractivity contribution < 1.29 is 4.42 Å². The summed E-state index contributed by atoms with van der Waals surface area (Å²) in [5, 5.41) is 5.98. The fraction of sp³-hybridized carbons (Fsp3) is 0. The number of hydrogen-bond donors (Lipinski definition) is 0. The number of rotatable bonds is 2. The molecular weight excluding hydrogens is 490 g/mol. The van der Waals surface area contributed by atoms with Crippen LogP contribution in [0.3, 0.4) is 0 Å². The minimum Gasteiger partial charge on any atom is -0.436 e. The van der Waals surface area contributed by atoms with Gasteiger partial charge in [0.2, 0.25) is 5.71 Å². The van der Waals surface area contributed by atoms with Gasteiger partial charge in [0.05, 0.1) is 22.1 Å². The zero-order chi connectivity index (χ0) is 26.2. The van der Waals surface area contributed by atoms with Gasteiger partial charge in [-0.3, -0.25) is 0 Å². The summed E-state index contributed by atoms with van der Waals surface area (Å²) in [7, 11) is 0. The van der Waals surface area contributed by atoms with E-state index in [0.717, 1.165) is 44.3 Å². The fourth-order valence-electron chi connectivity index (χ4n) is 6.08. The van der Waals surface area contributed by atoms with Gasteiger partial charge >= 0.3 is 0 Å². The number of fused-ring (bicyclic) bond motifs is 8. The molecule has 0 saturated heterocycles. The topological polar surface area (TPSA) is 43.9 Å². The monoisotopic (exact) mass is 511 g/mol. The van der Waals surface area contributed by atoms with Crippen molar-refractivity contribution >= 4 is 65.8 Å². The highest BCUT2D eigenvalue weighted by molar-refractivity contribution is 6.13. The first-order chi connectivity index (χ1) is 19.8. The zero-order valence-electron chi connectivity index (χ0n) is 21.4. The summed E-state index contributed by atoms with van der Waals surface area (Å²) >= 11 is 0. The fourth-order valence-corrected chi connectivity index (χ4v) is 6.08. The van der Waals surface area contributed by atoms with Crippen molar-refractivity contribution in [2.24, 2.45) is 0 Å². The first-order valence-electron chi connectivity index (χ1n) is 13.4. The molecule has 6 aromatic carbocycles. The van der Waals surface area contributed by atoms with E-state index in [-0.39, 0.29) is 0 Å². The van der Waals surface area contributed by atoms with E-state index < -0.39 is 0 Å². The highest BCUT2D eigenvalue weighted by Gasteiger charge is 2.15. The predicted octanol–water partition coefficient (Wildman–Crippen LogP) is 9.45. The van der Waals surface area contributed by atoms with Gasteiger partial charge in [-0.25, -0.2) is 9.97 Å². The lowest BCUT2D eigenvalue weighted by molar-refractivity contribution is 0.655. The smallest absolute Gasteiger partial charge is 0.246 e. The Morgan fingerprint density at radius 1 is 0.500 bits per heavy atom. The standard InChI is InChI=1S/C36H21N3O/c1-2-9-24-21-33-28(19-23(24)8-1)27-12-3-6-15-32(27)39(33)26-11-7-10-22(18-26)25-16-17-34-29(20-25)35-36(40-34)38-31-14-5-4-13-30(31)37-35/h1-21H. The number of aromatic nitrogens is 3. The Labute approximate surface area is 228 Å². The van der Waals surface area contributed by atoms with Crippen molar-refractivity contribution in [1.29, 1.82) is 0 Å². The molecule has 3 aromatic heterocycles. The first kappa shape index (κ1) is 21.5. The number of para-hydroxylation sites is 3. The van der Waals surface area contributed by atoms with Crippen LogP contribution in [0.1, 0.15) is 0 Å². The maximum Gasteiger partial charge on any atom is 0.246 e. The number of furan rings is 1. The molecule has 0 saturated carbocycles. The summed E-state index contributed by atoms with van der Waals surface area (Å²) in [6, 6.07) is 44.8. The third-order valence-corrected chi connectivity index (χ3v) is 7.96. The largest absolute Gasteiger partial charge is 0.436 e. The highest BCUT2D eigenvalue weighted by Crippen LogP contribution is 2.37. The molecule has 4 nitrogen and oxygen atoms in total. The van der Waals surface area contributed by atoms with E-state index in [1.807, 2.05) is 30.3 Å². The molecule has 186 valence electrons. The highest BCUT2D eigenvalue weighted by atomic mass is 16.3. The molecule has 0 aliphatic carbocycles. The zero-order valence-corrected chi connectivity index (χ0v) is 21.4. The predicted molar refractivity (Wildman–Crippen MR) is 164 cm³/mol. The van der Waals surface area contributed by atoms with Crippen LogP contribution < -0.4 is 0 Å². The van der Waals surface area contributed by atoms with Crippen LogP contribution in [0.4, 0.5) is 0 Å². The van der Waals surface area contributed by atoms with Crippen molar-refractivity contribution in [1.82, 2.24) is 14.5 Å². The Morgan fingerprint density at radius 2 is 1.25 bits per heavy atom. The van der Waals surface area contributed by atoms with E-state index in [4.69, 9.17) is 14.4 Å². The minimum atomic E-state index is 0.567. The van der Waals surface area contributed by atoms with Crippen LogP contribution in [-0.2, 0) is 0 Å². The van der Waals surface area contributed by atoms with Crippen molar-refractivity contribution in [3.8, 4) is 16.8 Å². The van der Waals surface area contributed by atoms with Crippen LogP contribution in [0.2, 0.25) is 0 Å². The lowest BCUT2D eigenvalue weighted by Crippen LogP contribution is -1.94. The van der Waals surface area contributed by atoms with Gasteiger partial charge in [0.1, 0.15) is 11.1 Å². The second kappa shape index (κ2) is 8.01. The number of hydrogen-bond acceptors (Lipinski definition) is 3. The SMILES string of the molecule is c1cc(-c2ccc3oc4nc5ccccc5nc4c3c2)cc(-n2c3ccccc3c3cc4ccccc4cc32)c1. The van der Waals surface area contributed by atoms with E-state index >= 15 is 0 Å². The van der Waals surface area contributed by atoms with E-state index in [2.05, 4.69) is 102 Å².